The Labute approximate surface area is 149 Å². The van der Waals surface area contributed by atoms with Crippen molar-refractivity contribution in [3.63, 3.8) is 0 Å². The van der Waals surface area contributed by atoms with E-state index in [0.717, 1.165) is 0 Å². The van der Waals surface area contributed by atoms with E-state index in [1.165, 1.54) is 29.2 Å². The first-order valence-corrected chi connectivity index (χ1v) is 9.14. The van der Waals surface area contributed by atoms with Gasteiger partial charge in [-0.25, -0.2) is 8.42 Å². The molecule has 132 valence electrons. The molecule has 0 aliphatic heterocycles. The molecule has 1 aromatic rings. The van der Waals surface area contributed by atoms with Gasteiger partial charge in [-0.2, -0.15) is 0 Å². The average Bonchev–Trinajstić information content (AvgIpc) is 2.44. The average molecular weight is 383 g/mol. The maximum Gasteiger partial charge on any atom is 0.237 e. The summed E-state index contributed by atoms with van der Waals surface area (Å²) in [6, 6.07) is 5.77. The highest BCUT2D eigenvalue weighted by molar-refractivity contribution is 7.92. The molecular formula is C15H24Cl2N2O3S. The van der Waals surface area contributed by atoms with Gasteiger partial charge in [-0.15, -0.1) is 12.4 Å². The predicted molar refractivity (Wildman–Crippen MR) is 95.8 cm³/mol. The molecule has 0 spiro atoms. The zero-order chi connectivity index (χ0) is 16.9. The summed E-state index contributed by atoms with van der Waals surface area (Å²) in [5, 5.41) is 0.449. The van der Waals surface area contributed by atoms with Gasteiger partial charge < -0.3 is 10.6 Å². The Hall–Kier alpha value is -0.820. The third kappa shape index (κ3) is 7.08. The van der Waals surface area contributed by atoms with E-state index in [1.807, 2.05) is 13.8 Å². The molecule has 0 radical (unpaired) electrons. The molecular weight excluding hydrogens is 359 g/mol. The molecule has 1 aromatic carbocycles. The fourth-order valence-electron chi connectivity index (χ4n) is 1.80. The van der Waals surface area contributed by atoms with Crippen LogP contribution in [0.3, 0.4) is 0 Å². The fourth-order valence-corrected chi connectivity index (χ4v) is 3.19. The molecule has 5 nitrogen and oxygen atoms in total. The zero-order valence-corrected chi connectivity index (χ0v) is 15.9. The van der Waals surface area contributed by atoms with Crippen LogP contribution in [0.25, 0.3) is 0 Å². The highest BCUT2D eigenvalue weighted by Gasteiger charge is 2.22. The summed E-state index contributed by atoms with van der Waals surface area (Å²) in [6.07, 6.45) is 0.640. The van der Waals surface area contributed by atoms with Crippen LogP contribution in [0.4, 0.5) is 0 Å². The maximum atomic E-state index is 12.2. The number of hydrogen-bond donors (Lipinski definition) is 1. The van der Waals surface area contributed by atoms with Gasteiger partial charge in [-0.1, -0.05) is 25.4 Å². The normalized spacial score (nSPS) is 12.6. The second-order valence-electron chi connectivity index (χ2n) is 5.72. The zero-order valence-electron chi connectivity index (χ0n) is 13.5. The van der Waals surface area contributed by atoms with Crippen molar-refractivity contribution in [2.45, 2.75) is 31.2 Å². The molecule has 0 bridgehead atoms. The summed E-state index contributed by atoms with van der Waals surface area (Å²) in [6.45, 7) is 4.46. The van der Waals surface area contributed by atoms with E-state index in [4.69, 9.17) is 17.3 Å². The number of amides is 1. The smallest absolute Gasteiger partial charge is 0.237 e. The molecule has 1 atom stereocenters. The third-order valence-corrected chi connectivity index (χ3v) is 5.44. The Morgan fingerprint density at radius 3 is 2.26 bits per heavy atom. The lowest BCUT2D eigenvalue weighted by Gasteiger charge is -2.21. The van der Waals surface area contributed by atoms with Crippen molar-refractivity contribution in [1.29, 1.82) is 0 Å². The number of rotatable bonds is 7. The molecule has 1 unspecified atom stereocenters. The SMILES string of the molecule is CC(C)C(N)CCN(C)C(=O)CS(=O)(=O)c1ccc(Cl)cc1.Cl. The molecule has 23 heavy (non-hydrogen) atoms. The number of nitrogens with two attached hydrogens (primary N) is 1. The van der Waals surface area contributed by atoms with Gasteiger partial charge in [0.25, 0.3) is 0 Å². The molecule has 0 aliphatic carbocycles. The minimum Gasteiger partial charge on any atom is -0.345 e. The minimum absolute atomic E-state index is 0. The van der Waals surface area contributed by atoms with Crippen LogP contribution in [-0.4, -0.2) is 44.6 Å². The Morgan fingerprint density at radius 2 is 1.78 bits per heavy atom. The molecule has 0 saturated carbocycles. The third-order valence-electron chi connectivity index (χ3n) is 3.57. The van der Waals surface area contributed by atoms with Gasteiger partial charge in [0.05, 0.1) is 4.90 Å². The number of hydrogen-bond acceptors (Lipinski definition) is 4. The van der Waals surface area contributed by atoms with Crippen molar-refractivity contribution >= 4 is 39.8 Å². The first kappa shape index (κ1) is 22.2. The van der Waals surface area contributed by atoms with Crippen LogP contribution in [0, 0.1) is 5.92 Å². The van der Waals surface area contributed by atoms with Crippen molar-refractivity contribution in [1.82, 2.24) is 4.90 Å². The van der Waals surface area contributed by atoms with E-state index in [1.54, 1.807) is 7.05 Å². The largest absolute Gasteiger partial charge is 0.345 e. The molecule has 0 aliphatic rings. The molecule has 0 heterocycles. The topological polar surface area (TPSA) is 80.5 Å². The van der Waals surface area contributed by atoms with Gasteiger partial charge >= 0.3 is 0 Å². The van der Waals surface area contributed by atoms with Crippen LogP contribution in [0.15, 0.2) is 29.2 Å². The second kappa shape index (κ2) is 9.47. The van der Waals surface area contributed by atoms with Crippen molar-refractivity contribution in [3.8, 4) is 0 Å². The first-order valence-electron chi connectivity index (χ1n) is 7.11. The Morgan fingerprint density at radius 1 is 1.26 bits per heavy atom. The Balaban J connectivity index is 0.00000484. The van der Waals surface area contributed by atoms with E-state index in [0.29, 0.717) is 23.9 Å². The number of nitrogens with zero attached hydrogens (tertiary/aromatic N) is 1. The summed E-state index contributed by atoms with van der Waals surface area (Å²) in [5.74, 6) is -0.672. The lowest BCUT2D eigenvalue weighted by atomic mass is 10.0. The van der Waals surface area contributed by atoms with Gasteiger partial charge in [0, 0.05) is 24.7 Å². The lowest BCUT2D eigenvalue weighted by molar-refractivity contribution is -0.127. The molecule has 8 heteroatoms. The molecule has 0 aromatic heterocycles. The summed E-state index contributed by atoms with van der Waals surface area (Å²) >= 11 is 5.73. The minimum atomic E-state index is -3.66. The molecule has 0 saturated heterocycles. The van der Waals surface area contributed by atoms with E-state index in [9.17, 15) is 13.2 Å². The van der Waals surface area contributed by atoms with E-state index in [-0.39, 0.29) is 23.3 Å². The summed E-state index contributed by atoms with van der Waals surface area (Å²) in [4.78, 5) is 13.6. The number of carbonyl (C=O) groups excluding carboxylic acids is 1. The molecule has 1 rings (SSSR count). The Bertz CT molecular complexity index is 604. The standard InChI is InChI=1S/C15H23ClN2O3S.ClH/c1-11(2)14(17)8-9-18(3)15(19)10-22(20,21)13-6-4-12(16)5-7-13;/h4-7,11,14H,8-10,17H2,1-3H3;1H. The van der Waals surface area contributed by atoms with E-state index < -0.39 is 21.5 Å². The van der Waals surface area contributed by atoms with Gasteiger partial charge in [0.15, 0.2) is 9.84 Å². The monoisotopic (exact) mass is 382 g/mol. The van der Waals surface area contributed by atoms with Gasteiger partial charge in [0.1, 0.15) is 5.75 Å². The number of sulfone groups is 1. The van der Waals surface area contributed by atoms with Gasteiger partial charge in [-0.3, -0.25) is 4.79 Å². The predicted octanol–water partition coefficient (Wildman–Crippen LogP) is 2.37. The number of carbonyl (C=O) groups is 1. The molecule has 1 amide bonds. The van der Waals surface area contributed by atoms with Crippen LogP contribution in [0.2, 0.25) is 5.02 Å². The van der Waals surface area contributed by atoms with E-state index >= 15 is 0 Å². The van der Waals surface area contributed by atoms with Crippen molar-refractivity contribution in [3.05, 3.63) is 29.3 Å². The molecule has 2 N–H and O–H groups in total. The van der Waals surface area contributed by atoms with Crippen LogP contribution in [0.5, 0.6) is 0 Å². The Kier molecular flexibility index (Phi) is 9.13. The number of benzene rings is 1. The quantitative estimate of drug-likeness (QED) is 0.784. The van der Waals surface area contributed by atoms with Crippen LogP contribution < -0.4 is 5.73 Å². The van der Waals surface area contributed by atoms with Gasteiger partial charge in [-0.05, 0) is 36.6 Å². The van der Waals surface area contributed by atoms with Crippen molar-refractivity contribution in [2.24, 2.45) is 11.7 Å². The highest BCUT2D eigenvalue weighted by atomic mass is 35.5. The van der Waals surface area contributed by atoms with Crippen LogP contribution in [0.1, 0.15) is 20.3 Å². The lowest BCUT2D eigenvalue weighted by Crippen LogP contribution is -2.37. The number of halogens is 2. The second-order valence-corrected chi connectivity index (χ2v) is 8.15. The highest BCUT2D eigenvalue weighted by Crippen LogP contribution is 2.16. The summed E-state index contributed by atoms with van der Waals surface area (Å²) in [5.41, 5.74) is 5.93. The molecule has 0 fully saturated rings. The maximum absolute atomic E-state index is 12.2. The van der Waals surface area contributed by atoms with Crippen LogP contribution >= 0.6 is 24.0 Å². The van der Waals surface area contributed by atoms with Crippen LogP contribution in [-0.2, 0) is 14.6 Å². The van der Waals surface area contributed by atoms with E-state index in [2.05, 4.69) is 0 Å². The van der Waals surface area contributed by atoms with Gasteiger partial charge in [0.2, 0.25) is 5.91 Å². The van der Waals surface area contributed by atoms with Crippen molar-refractivity contribution < 1.29 is 13.2 Å². The van der Waals surface area contributed by atoms with Crippen molar-refractivity contribution in [2.75, 3.05) is 19.3 Å². The first-order chi connectivity index (χ1) is 10.1. The fraction of sp³-hybridized carbons (Fsp3) is 0.533. The summed E-state index contributed by atoms with van der Waals surface area (Å²) in [7, 11) is -2.07. The summed E-state index contributed by atoms with van der Waals surface area (Å²) < 4.78 is 24.4.